The number of nitrogens with two attached hydrogens (primary N) is 1. The first-order chi connectivity index (χ1) is 11.2. The van der Waals surface area contributed by atoms with Crippen molar-refractivity contribution in [3.63, 3.8) is 0 Å². The molecule has 1 aliphatic heterocycles. The second kappa shape index (κ2) is 7.49. The van der Waals surface area contributed by atoms with Crippen LogP contribution < -0.4 is 15.2 Å². The molecule has 122 valence electrons. The van der Waals surface area contributed by atoms with Crippen LogP contribution in [0.2, 0.25) is 0 Å². The molecule has 1 fully saturated rings. The van der Waals surface area contributed by atoms with Gasteiger partial charge in [-0.15, -0.1) is 0 Å². The largest absolute Gasteiger partial charge is 0.497 e. The summed E-state index contributed by atoms with van der Waals surface area (Å²) in [4.78, 5) is 2.46. The quantitative estimate of drug-likeness (QED) is 0.919. The summed E-state index contributed by atoms with van der Waals surface area (Å²) in [5, 5.41) is 0. The van der Waals surface area contributed by atoms with Crippen molar-refractivity contribution in [1.82, 2.24) is 4.90 Å². The summed E-state index contributed by atoms with van der Waals surface area (Å²) in [7, 11) is 1.65. The number of benzene rings is 2. The summed E-state index contributed by atoms with van der Waals surface area (Å²) in [5.41, 5.74) is 7.26. The molecule has 1 aliphatic rings. The zero-order valence-corrected chi connectivity index (χ0v) is 13.6. The van der Waals surface area contributed by atoms with Crippen molar-refractivity contribution in [2.45, 2.75) is 25.4 Å². The lowest BCUT2D eigenvalue weighted by atomic mass is 10.1. The molecule has 0 atom stereocenters. The standard InChI is InChI=1S/C19H24N2O2/c1-22-18-3-2-4-19(13-18)23-17-7-5-15(6-8-17)14-21-11-9-16(20)10-12-21/h2-8,13,16H,9-12,14,20H2,1H3. The molecule has 0 amide bonds. The Hall–Kier alpha value is -2.04. The van der Waals surface area contributed by atoms with E-state index in [1.807, 2.05) is 36.4 Å². The summed E-state index contributed by atoms with van der Waals surface area (Å²) < 4.78 is 11.1. The van der Waals surface area contributed by atoms with Crippen LogP contribution in [0.1, 0.15) is 18.4 Å². The summed E-state index contributed by atoms with van der Waals surface area (Å²) in [6.07, 6.45) is 2.19. The maximum Gasteiger partial charge on any atom is 0.131 e. The van der Waals surface area contributed by atoms with Gasteiger partial charge in [-0.25, -0.2) is 0 Å². The first-order valence-electron chi connectivity index (χ1n) is 8.12. The van der Waals surface area contributed by atoms with Gasteiger partial charge in [0.15, 0.2) is 0 Å². The molecule has 0 aromatic heterocycles. The second-order valence-electron chi connectivity index (χ2n) is 6.04. The Bertz CT molecular complexity index is 620. The minimum atomic E-state index is 0.380. The number of piperidine rings is 1. The van der Waals surface area contributed by atoms with E-state index in [2.05, 4.69) is 17.0 Å². The molecule has 1 saturated heterocycles. The highest BCUT2D eigenvalue weighted by molar-refractivity contribution is 5.37. The fourth-order valence-electron chi connectivity index (χ4n) is 2.83. The summed E-state index contributed by atoms with van der Waals surface area (Å²) in [6.45, 7) is 3.15. The summed E-state index contributed by atoms with van der Waals surface area (Å²) in [5.74, 6) is 2.41. The van der Waals surface area contributed by atoms with Gasteiger partial charge in [-0.2, -0.15) is 0 Å². The Morgan fingerprint density at radius 2 is 1.70 bits per heavy atom. The molecule has 2 aromatic rings. The Morgan fingerprint density at radius 3 is 2.39 bits per heavy atom. The number of ether oxygens (including phenoxy) is 2. The van der Waals surface area contributed by atoms with Crippen molar-refractivity contribution in [2.75, 3.05) is 20.2 Å². The third kappa shape index (κ3) is 4.47. The monoisotopic (exact) mass is 312 g/mol. The van der Waals surface area contributed by atoms with Crippen LogP contribution in [0.15, 0.2) is 48.5 Å². The number of hydrogen-bond acceptors (Lipinski definition) is 4. The first kappa shape index (κ1) is 15.8. The van der Waals surface area contributed by atoms with Crippen molar-refractivity contribution in [3.8, 4) is 17.2 Å². The molecule has 1 heterocycles. The average molecular weight is 312 g/mol. The van der Waals surface area contributed by atoms with Gasteiger partial charge in [0, 0.05) is 18.7 Å². The van der Waals surface area contributed by atoms with Crippen LogP contribution in [0.5, 0.6) is 17.2 Å². The molecule has 23 heavy (non-hydrogen) atoms. The number of rotatable bonds is 5. The summed E-state index contributed by atoms with van der Waals surface area (Å²) >= 11 is 0. The van der Waals surface area contributed by atoms with Crippen LogP contribution in [0.25, 0.3) is 0 Å². The molecule has 2 N–H and O–H groups in total. The number of nitrogens with zero attached hydrogens (tertiary/aromatic N) is 1. The van der Waals surface area contributed by atoms with Crippen LogP contribution in [0.4, 0.5) is 0 Å². The van der Waals surface area contributed by atoms with E-state index in [1.54, 1.807) is 7.11 Å². The molecule has 0 unspecified atom stereocenters. The molecule has 4 heteroatoms. The number of methoxy groups -OCH3 is 1. The highest BCUT2D eigenvalue weighted by Gasteiger charge is 2.15. The van der Waals surface area contributed by atoms with Gasteiger partial charge in [-0.3, -0.25) is 4.90 Å². The number of hydrogen-bond donors (Lipinski definition) is 1. The average Bonchev–Trinajstić information content (AvgIpc) is 2.59. The highest BCUT2D eigenvalue weighted by atomic mass is 16.5. The molecule has 4 nitrogen and oxygen atoms in total. The molecule has 0 spiro atoms. The molecular formula is C19H24N2O2. The van der Waals surface area contributed by atoms with Crippen LogP contribution in [-0.4, -0.2) is 31.1 Å². The van der Waals surface area contributed by atoms with E-state index in [0.717, 1.165) is 49.7 Å². The Morgan fingerprint density at radius 1 is 1.00 bits per heavy atom. The lowest BCUT2D eigenvalue weighted by Crippen LogP contribution is -2.39. The van der Waals surface area contributed by atoms with Gasteiger partial charge >= 0.3 is 0 Å². The van der Waals surface area contributed by atoms with Crippen LogP contribution in [0, 0.1) is 0 Å². The van der Waals surface area contributed by atoms with Gasteiger partial charge in [0.2, 0.25) is 0 Å². The fraction of sp³-hybridized carbons (Fsp3) is 0.368. The van der Waals surface area contributed by atoms with E-state index < -0.39 is 0 Å². The normalized spacial score (nSPS) is 16.3. The van der Waals surface area contributed by atoms with E-state index in [-0.39, 0.29) is 0 Å². The van der Waals surface area contributed by atoms with Crippen molar-refractivity contribution in [1.29, 1.82) is 0 Å². The van der Waals surface area contributed by atoms with Crippen molar-refractivity contribution >= 4 is 0 Å². The smallest absolute Gasteiger partial charge is 0.131 e. The van der Waals surface area contributed by atoms with Crippen molar-refractivity contribution < 1.29 is 9.47 Å². The Labute approximate surface area is 137 Å². The van der Waals surface area contributed by atoms with Gasteiger partial charge in [-0.05, 0) is 55.8 Å². The first-order valence-corrected chi connectivity index (χ1v) is 8.12. The van der Waals surface area contributed by atoms with E-state index in [4.69, 9.17) is 15.2 Å². The Kier molecular flexibility index (Phi) is 5.16. The molecule has 0 radical (unpaired) electrons. The highest BCUT2D eigenvalue weighted by Crippen LogP contribution is 2.25. The lowest BCUT2D eigenvalue weighted by Gasteiger charge is -2.30. The van der Waals surface area contributed by atoms with Crippen molar-refractivity contribution in [3.05, 3.63) is 54.1 Å². The predicted octanol–water partition coefficient (Wildman–Crippen LogP) is 3.41. The number of likely N-dealkylation sites (tertiary alicyclic amines) is 1. The van der Waals surface area contributed by atoms with E-state index in [9.17, 15) is 0 Å². The molecule has 0 saturated carbocycles. The van der Waals surface area contributed by atoms with Gasteiger partial charge < -0.3 is 15.2 Å². The fourth-order valence-corrected chi connectivity index (χ4v) is 2.83. The zero-order valence-electron chi connectivity index (χ0n) is 13.6. The SMILES string of the molecule is COc1cccc(Oc2ccc(CN3CCC(N)CC3)cc2)c1. The maximum absolute atomic E-state index is 5.95. The third-order valence-electron chi connectivity index (χ3n) is 4.24. The minimum absolute atomic E-state index is 0.380. The van der Waals surface area contributed by atoms with Gasteiger partial charge in [0.05, 0.1) is 7.11 Å². The topological polar surface area (TPSA) is 47.7 Å². The molecular weight excluding hydrogens is 288 g/mol. The van der Waals surface area contributed by atoms with Crippen molar-refractivity contribution in [2.24, 2.45) is 5.73 Å². The van der Waals surface area contributed by atoms with Crippen LogP contribution in [-0.2, 0) is 6.54 Å². The maximum atomic E-state index is 5.95. The van der Waals surface area contributed by atoms with E-state index in [1.165, 1.54) is 5.56 Å². The second-order valence-corrected chi connectivity index (χ2v) is 6.04. The predicted molar refractivity (Wildman–Crippen MR) is 92.0 cm³/mol. The zero-order chi connectivity index (χ0) is 16.1. The van der Waals surface area contributed by atoms with Gasteiger partial charge in [0.1, 0.15) is 17.2 Å². The van der Waals surface area contributed by atoms with Crippen LogP contribution >= 0.6 is 0 Å². The lowest BCUT2D eigenvalue weighted by molar-refractivity contribution is 0.205. The van der Waals surface area contributed by atoms with Gasteiger partial charge in [-0.1, -0.05) is 18.2 Å². The molecule has 2 aromatic carbocycles. The molecule has 0 bridgehead atoms. The van der Waals surface area contributed by atoms with Crippen LogP contribution in [0.3, 0.4) is 0 Å². The molecule has 3 rings (SSSR count). The van der Waals surface area contributed by atoms with E-state index >= 15 is 0 Å². The molecule has 0 aliphatic carbocycles. The Balaban J connectivity index is 1.58. The summed E-state index contributed by atoms with van der Waals surface area (Å²) in [6, 6.07) is 16.3. The minimum Gasteiger partial charge on any atom is -0.497 e. The van der Waals surface area contributed by atoms with E-state index in [0.29, 0.717) is 6.04 Å². The van der Waals surface area contributed by atoms with Gasteiger partial charge in [0.25, 0.3) is 0 Å². The third-order valence-corrected chi connectivity index (χ3v) is 4.24.